The molecule has 21 heavy (non-hydrogen) atoms. The van der Waals surface area contributed by atoms with Gasteiger partial charge in [0.05, 0.1) is 5.02 Å². The summed E-state index contributed by atoms with van der Waals surface area (Å²) in [5.74, 6) is -0.417. The predicted molar refractivity (Wildman–Crippen MR) is 79.9 cm³/mol. The van der Waals surface area contributed by atoms with E-state index in [4.69, 9.17) is 16.3 Å². The van der Waals surface area contributed by atoms with Gasteiger partial charge in [-0.2, -0.15) is 0 Å². The maximum absolute atomic E-state index is 13.0. The first kappa shape index (κ1) is 15.3. The second kappa shape index (κ2) is 7.09. The summed E-state index contributed by atoms with van der Waals surface area (Å²) in [7, 11) is 0. The van der Waals surface area contributed by atoms with Crippen LogP contribution >= 0.6 is 11.6 Å². The second-order valence-electron chi connectivity index (χ2n) is 4.57. The number of nitrogens with one attached hydrogen (secondary N) is 1. The number of ether oxygens (including phenoxy) is 1. The van der Waals surface area contributed by atoms with E-state index < -0.39 is 5.82 Å². The molecule has 0 spiro atoms. The van der Waals surface area contributed by atoms with E-state index in [-0.39, 0.29) is 17.5 Å². The van der Waals surface area contributed by atoms with Gasteiger partial charge in [-0.3, -0.25) is 4.79 Å². The average Bonchev–Trinajstić information content (AvgIpc) is 2.47. The zero-order valence-corrected chi connectivity index (χ0v) is 12.3. The Morgan fingerprint density at radius 2 is 2.05 bits per heavy atom. The first-order chi connectivity index (χ1) is 10.1. The summed E-state index contributed by atoms with van der Waals surface area (Å²) in [6.07, 6.45) is 0. The first-order valence-corrected chi connectivity index (χ1v) is 6.83. The molecule has 0 aliphatic carbocycles. The van der Waals surface area contributed by atoms with Crippen molar-refractivity contribution in [1.82, 2.24) is 5.32 Å². The molecule has 0 aromatic heterocycles. The molecule has 0 saturated carbocycles. The van der Waals surface area contributed by atoms with Gasteiger partial charge in [-0.1, -0.05) is 35.9 Å². The normalized spacial score (nSPS) is 10.2. The Balaban J connectivity index is 1.82. The summed E-state index contributed by atoms with van der Waals surface area (Å²) in [5, 5.41) is 2.73. The van der Waals surface area contributed by atoms with E-state index in [1.54, 1.807) is 0 Å². The minimum absolute atomic E-state index is 0.0344. The SMILES string of the molecule is Cc1ccccc1CNC(=O)COc1ccc(F)c(Cl)c1. The van der Waals surface area contributed by atoms with Crippen LogP contribution in [0.2, 0.25) is 5.02 Å². The Kier molecular flexibility index (Phi) is 5.17. The van der Waals surface area contributed by atoms with Crippen LogP contribution in [0.25, 0.3) is 0 Å². The molecule has 0 atom stereocenters. The number of carbonyl (C=O) groups is 1. The van der Waals surface area contributed by atoms with Crippen molar-refractivity contribution in [2.24, 2.45) is 0 Å². The van der Waals surface area contributed by atoms with Crippen LogP contribution in [0.4, 0.5) is 4.39 Å². The number of hydrogen-bond donors (Lipinski definition) is 1. The number of halogens is 2. The fraction of sp³-hybridized carbons (Fsp3) is 0.188. The maximum Gasteiger partial charge on any atom is 0.258 e. The van der Waals surface area contributed by atoms with Gasteiger partial charge in [0.15, 0.2) is 6.61 Å². The third kappa shape index (κ3) is 4.46. The Morgan fingerprint density at radius 1 is 1.29 bits per heavy atom. The number of carbonyl (C=O) groups excluding carboxylic acids is 1. The number of benzene rings is 2. The van der Waals surface area contributed by atoms with Crippen LogP contribution in [0.15, 0.2) is 42.5 Å². The summed E-state index contributed by atoms with van der Waals surface area (Å²) < 4.78 is 18.2. The van der Waals surface area contributed by atoms with E-state index in [0.717, 1.165) is 11.1 Å². The second-order valence-corrected chi connectivity index (χ2v) is 4.98. The Hall–Kier alpha value is -2.07. The quantitative estimate of drug-likeness (QED) is 0.918. The third-order valence-corrected chi connectivity index (χ3v) is 3.29. The van der Waals surface area contributed by atoms with Crippen molar-refractivity contribution in [3.63, 3.8) is 0 Å². The van der Waals surface area contributed by atoms with Gasteiger partial charge >= 0.3 is 0 Å². The molecule has 0 unspecified atom stereocenters. The van der Waals surface area contributed by atoms with Crippen molar-refractivity contribution in [1.29, 1.82) is 0 Å². The molecule has 0 heterocycles. The number of rotatable bonds is 5. The summed E-state index contributed by atoms with van der Waals surface area (Å²) in [5.41, 5.74) is 2.17. The summed E-state index contributed by atoms with van der Waals surface area (Å²) in [4.78, 5) is 11.7. The lowest BCUT2D eigenvalue weighted by atomic mass is 10.1. The molecule has 0 aliphatic rings. The Morgan fingerprint density at radius 3 is 2.76 bits per heavy atom. The minimum Gasteiger partial charge on any atom is -0.484 e. The molecule has 0 bridgehead atoms. The van der Waals surface area contributed by atoms with Gasteiger partial charge in [-0.15, -0.1) is 0 Å². The van der Waals surface area contributed by atoms with Gasteiger partial charge in [0.25, 0.3) is 5.91 Å². The largest absolute Gasteiger partial charge is 0.484 e. The van der Waals surface area contributed by atoms with Gasteiger partial charge in [-0.25, -0.2) is 4.39 Å². The number of aryl methyl sites for hydroxylation is 1. The fourth-order valence-electron chi connectivity index (χ4n) is 1.77. The van der Waals surface area contributed by atoms with Crippen LogP contribution in [0.5, 0.6) is 5.75 Å². The highest BCUT2D eigenvalue weighted by atomic mass is 35.5. The number of amides is 1. The van der Waals surface area contributed by atoms with Gasteiger partial charge in [0.1, 0.15) is 11.6 Å². The lowest BCUT2D eigenvalue weighted by Crippen LogP contribution is -2.28. The maximum atomic E-state index is 13.0. The monoisotopic (exact) mass is 307 g/mol. The zero-order chi connectivity index (χ0) is 15.2. The zero-order valence-electron chi connectivity index (χ0n) is 11.5. The predicted octanol–water partition coefficient (Wildman–Crippen LogP) is 3.48. The van der Waals surface area contributed by atoms with Crippen LogP contribution in [-0.4, -0.2) is 12.5 Å². The van der Waals surface area contributed by atoms with Gasteiger partial charge in [-0.05, 0) is 30.2 Å². The third-order valence-electron chi connectivity index (χ3n) is 3.00. The molecule has 0 saturated heterocycles. The van der Waals surface area contributed by atoms with Crippen molar-refractivity contribution >= 4 is 17.5 Å². The summed E-state index contributed by atoms with van der Waals surface area (Å²) in [6, 6.07) is 11.8. The van der Waals surface area contributed by atoms with Crippen molar-refractivity contribution in [3.05, 3.63) is 64.4 Å². The lowest BCUT2D eigenvalue weighted by Gasteiger charge is -2.09. The van der Waals surface area contributed by atoms with E-state index in [2.05, 4.69) is 5.32 Å². The van der Waals surface area contributed by atoms with E-state index in [1.807, 2.05) is 31.2 Å². The highest BCUT2D eigenvalue weighted by Gasteiger charge is 2.06. The smallest absolute Gasteiger partial charge is 0.258 e. The fourth-order valence-corrected chi connectivity index (χ4v) is 1.94. The molecule has 0 radical (unpaired) electrons. The summed E-state index contributed by atoms with van der Waals surface area (Å²) in [6.45, 7) is 2.28. The van der Waals surface area contributed by atoms with Crippen LogP contribution in [0.1, 0.15) is 11.1 Å². The molecule has 2 aromatic carbocycles. The molecular weight excluding hydrogens is 293 g/mol. The Labute approximate surface area is 127 Å². The molecule has 3 nitrogen and oxygen atoms in total. The average molecular weight is 308 g/mol. The van der Waals surface area contributed by atoms with E-state index in [9.17, 15) is 9.18 Å². The summed E-state index contributed by atoms with van der Waals surface area (Å²) >= 11 is 5.63. The Bertz CT molecular complexity index is 646. The van der Waals surface area contributed by atoms with Gasteiger partial charge in [0, 0.05) is 12.6 Å². The topological polar surface area (TPSA) is 38.3 Å². The van der Waals surface area contributed by atoms with E-state index in [0.29, 0.717) is 12.3 Å². The molecule has 0 aliphatic heterocycles. The minimum atomic E-state index is -0.520. The van der Waals surface area contributed by atoms with Crippen molar-refractivity contribution in [2.45, 2.75) is 13.5 Å². The van der Waals surface area contributed by atoms with Crippen LogP contribution < -0.4 is 10.1 Å². The molecule has 2 rings (SSSR count). The number of hydrogen-bond acceptors (Lipinski definition) is 2. The van der Waals surface area contributed by atoms with Crippen LogP contribution in [-0.2, 0) is 11.3 Å². The standard InChI is InChI=1S/C16H15ClFNO2/c1-11-4-2-3-5-12(11)9-19-16(20)10-21-13-6-7-15(18)14(17)8-13/h2-8H,9-10H2,1H3,(H,19,20). The molecule has 1 amide bonds. The van der Waals surface area contributed by atoms with Crippen LogP contribution in [0, 0.1) is 12.7 Å². The molecule has 0 fully saturated rings. The van der Waals surface area contributed by atoms with Gasteiger partial charge < -0.3 is 10.1 Å². The highest BCUT2D eigenvalue weighted by Crippen LogP contribution is 2.20. The van der Waals surface area contributed by atoms with Crippen LogP contribution in [0.3, 0.4) is 0 Å². The van der Waals surface area contributed by atoms with Gasteiger partial charge in [0.2, 0.25) is 0 Å². The lowest BCUT2D eigenvalue weighted by molar-refractivity contribution is -0.123. The van der Waals surface area contributed by atoms with Crippen molar-refractivity contribution in [3.8, 4) is 5.75 Å². The molecule has 5 heteroatoms. The molecule has 1 N–H and O–H groups in total. The molecule has 110 valence electrons. The first-order valence-electron chi connectivity index (χ1n) is 6.45. The van der Waals surface area contributed by atoms with Crippen molar-refractivity contribution < 1.29 is 13.9 Å². The molecule has 2 aromatic rings. The molecular formula is C16H15ClFNO2. The highest BCUT2D eigenvalue weighted by molar-refractivity contribution is 6.30. The van der Waals surface area contributed by atoms with E-state index >= 15 is 0 Å². The van der Waals surface area contributed by atoms with Crippen molar-refractivity contribution in [2.75, 3.05) is 6.61 Å². The van der Waals surface area contributed by atoms with E-state index in [1.165, 1.54) is 18.2 Å².